The molecular formula is C20H16N6O2. The van der Waals surface area contributed by atoms with Crippen molar-refractivity contribution in [3.8, 4) is 5.69 Å². The molecule has 0 saturated heterocycles. The van der Waals surface area contributed by atoms with E-state index in [1.54, 1.807) is 28.8 Å². The minimum Gasteiger partial charge on any atom is -0.399 e. The molecule has 28 heavy (non-hydrogen) atoms. The van der Waals surface area contributed by atoms with E-state index in [1.807, 2.05) is 30.3 Å². The van der Waals surface area contributed by atoms with Crippen LogP contribution in [0.4, 0.5) is 17.3 Å². The van der Waals surface area contributed by atoms with Gasteiger partial charge in [0, 0.05) is 29.5 Å². The van der Waals surface area contributed by atoms with Gasteiger partial charge in [0.15, 0.2) is 5.65 Å². The summed E-state index contributed by atoms with van der Waals surface area (Å²) in [4.78, 5) is 33.1. The van der Waals surface area contributed by atoms with Crippen LogP contribution >= 0.6 is 0 Å². The maximum absolute atomic E-state index is 12.6. The van der Waals surface area contributed by atoms with Crippen LogP contribution in [0.3, 0.4) is 0 Å². The Hall–Kier alpha value is -4.20. The van der Waals surface area contributed by atoms with E-state index in [9.17, 15) is 9.59 Å². The van der Waals surface area contributed by atoms with E-state index >= 15 is 0 Å². The van der Waals surface area contributed by atoms with Crippen LogP contribution < -0.4 is 22.2 Å². The first kappa shape index (κ1) is 17.2. The molecule has 0 saturated carbocycles. The summed E-state index contributed by atoms with van der Waals surface area (Å²) in [6, 6.07) is 16.3. The second-order valence-corrected chi connectivity index (χ2v) is 6.12. The van der Waals surface area contributed by atoms with Gasteiger partial charge in [-0.05, 0) is 36.4 Å². The van der Waals surface area contributed by atoms with Crippen molar-refractivity contribution in [3.05, 3.63) is 82.8 Å². The Balaban J connectivity index is 1.91. The fraction of sp³-hybridized carbons (Fsp3) is 0. The molecule has 5 N–H and O–H groups in total. The van der Waals surface area contributed by atoms with Crippen LogP contribution in [0.25, 0.3) is 16.7 Å². The number of nitrogen functional groups attached to an aromatic ring is 1. The van der Waals surface area contributed by atoms with Gasteiger partial charge in [0.1, 0.15) is 5.56 Å². The Labute approximate surface area is 159 Å². The number of pyridine rings is 1. The normalized spacial score (nSPS) is 10.7. The third-order valence-electron chi connectivity index (χ3n) is 4.21. The number of fused-ring (bicyclic) bond motifs is 1. The molecule has 2 aromatic carbocycles. The van der Waals surface area contributed by atoms with E-state index in [2.05, 4.69) is 15.3 Å². The van der Waals surface area contributed by atoms with Crippen LogP contribution in [0.15, 0.2) is 71.8 Å². The topological polar surface area (TPSA) is 129 Å². The second-order valence-electron chi connectivity index (χ2n) is 6.12. The number of para-hydroxylation sites is 1. The second kappa shape index (κ2) is 6.84. The lowest BCUT2D eigenvalue weighted by atomic mass is 10.2. The van der Waals surface area contributed by atoms with Gasteiger partial charge in [-0.3, -0.25) is 9.59 Å². The largest absolute Gasteiger partial charge is 0.399 e. The van der Waals surface area contributed by atoms with Gasteiger partial charge >= 0.3 is 0 Å². The zero-order valence-electron chi connectivity index (χ0n) is 14.7. The van der Waals surface area contributed by atoms with Crippen LogP contribution in [0.2, 0.25) is 0 Å². The molecule has 0 fully saturated rings. The molecule has 0 atom stereocenters. The van der Waals surface area contributed by atoms with Crippen molar-refractivity contribution in [3.63, 3.8) is 0 Å². The number of carbonyl (C=O) groups excluding carboxylic acids is 1. The van der Waals surface area contributed by atoms with Gasteiger partial charge in [-0.15, -0.1) is 0 Å². The summed E-state index contributed by atoms with van der Waals surface area (Å²) in [5.74, 6) is -0.506. The summed E-state index contributed by atoms with van der Waals surface area (Å²) in [5, 5.41) is 3.27. The molecule has 1 amide bonds. The summed E-state index contributed by atoms with van der Waals surface area (Å²) >= 11 is 0. The predicted molar refractivity (Wildman–Crippen MR) is 108 cm³/mol. The predicted octanol–water partition coefficient (Wildman–Crippen LogP) is 2.21. The summed E-state index contributed by atoms with van der Waals surface area (Å²) in [7, 11) is 0. The van der Waals surface area contributed by atoms with Crippen molar-refractivity contribution in [2.24, 2.45) is 5.73 Å². The van der Waals surface area contributed by atoms with Crippen molar-refractivity contribution < 1.29 is 4.79 Å². The standard InChI is InChI=1S/C20H16N6O2/c21-12-6-8-13(9-7-12)24-20-23-10-15-17(27)16(18(22)28)11-26(19(15)25-20)14-4-2-1-3-5-14/h1-11H,21H2,(H2,22,28)(H,23,24,25). The Morgan fingerprint density at radius 1 is 1.04 bits per heavy atom. The number of hydrogen-bond acceptors (Lipinski definition) is 6. The molecule has 8 heteroatoms. The van der Waals surface area contributed by atoms with Crippen LogP contribution in [0, 0.1) is 0 Å². The van der Waals surface area contributed by atoms with Crippen molar-refractivity contribution in [2.75, 3.05) is 11.1 Å². The van der Waals surface area contributed by atoms with Crippen molar-refractivity contribution in [2.45, 2.75) is 0 Å². The summed E-state index contributed by atoms with van der Waals surface area (Å²) < 4.78 is 1.65. The highest BCUT2D eigenvalue weighted by molar-refractivity contribution is 5.96. The quantitative estimate of drug-likeness (QED) is 0.471. The van der Waals surface area contributed by atoms with Gasteiger partial charge in [0.05, 0.1) is 5.39 Å². The molecule has 138 valence electrons. The van der Waals surface area contributed by atoms with E-state index in [0.717, 1.165) is 11.4 Å². The highest BCUT2D eigenvalue weighted by Crippen LogP contribution is 2.19. The molecule has 0 spiro atoms. The summed E-state index contributed by atoms with van der Waals surface area (Å²) in [6.45, 7) is 0. The fourth-order valence-corrected chi connectivity index (χ4v) is 2.83. The first-order valence-corrected chi connectivity index (χ1v) is 8.43. The molecule has 0 unspecified atom stereocenters. The maximum Gasteiger partial charge on any atom is 0.254 e. The van der Waals surface area contributed by atoms with Gasteiger partial charge in [-0.1, -0.05) is 18.2 Å². The molecule has 0 radical (unpaired) electrons. The van der Waals surface area contributed by atoms with Crippen LogP contribution in [0.1, 0.15) is 10.4 Å². The van der Waals surface area contributed by atoms with E-state index in [4.69, 9.17) is 11.5 Å². The minimum absolute atomic E-state index is 0.126. The van der Waals surface area contributed by atoms with Crippen molar-refractivity contribution in [1.82, 2.24) is 14.5 Å². The lowest BCUT2D eigenvalue weighted by Crippen LogP contribution is -2.24. The summed E-state index contributed by atoms with van der Waals surface area (Å²) in [5.41, 5.74) is 12.9. The Kier molecular flexibility index (Phi) is 4.21. The molecular weight excluding hydrogens is 356 g/mol. The number of aromatic nitrogens is 3. The number of nitrogens with zero attached hydrogens (tertiary/aromatic N) is 3. The number of benzene rings is 2. The number of nitrogens with one attached hydrogen (secondary N) is 1. The Morgan fingerprint density at radius 2 is 1.75 bits per heavy atom. The number of nitrogens with two attached hydrogens (primary N) is 2. The highest BCUT2D eigenvalue weighted by atomic mass is 16.2. The Bertz CT molecular complexity index is 1230. The van der Waals surface area contributed by atoms with Gasteiger partial charge < -0.3 is 21.4 Å². The number of anilines is 3. The van der Waals surface area contributed by atoms with Crippen LogP contribution in [-0.4, -0.2) is 20.4 Å². The molecule has 2 aromatic heterocycles. The van der Waals surface area contributed by atoms with Gasteiger partial charge in [0.2, 0.25) is 11.4 Å². The third kappa shape index (κ3) is 3.14. The van der Waals surface area contributed by atoms with E-state index in [-0.39, 0.29) is 10.9 Å². The zero-order valence-corrected chi connectivity index (χ0v) is 14.7. The molecule has 0 aliphatic heterocycles. The number of amides is 1. The van der Waals surface area contributed by atoms with E-state index in [0.29, 0.717) is 17.3 Å². The first-order chi connectivity index (χ1) is 13.5. The zero-order chi connectivity index (χ0) is 19.7. The molecule has 0 aliphatic carbocycles. The van der Waals surface area contributed by atoms with E-state index < -0.39 is 11.3 Å². The SMILES string of the molecule is NC(=O)c1cn(-c2ccccc2)c2nc(Nc3ccc(N)cc3)ncc2c1=O. The average Bonchev–Trinajstić information content (AvgIpc) is 2.70. The lowest BCUT2D eigenvalue weighted by molar-refractivity contribution is 0.0999. The van der Waals surface area contributed by atoms with E-state index in [1.165, 1.54) is 12.4 Å². The molecule has 2 heterocycles. The van der Waals surface area contributed by atoms with Crippen LogP contribution in [-0.2, 0) is 0 Å². The number of primary amides is 1. The van der Waals surface area contributed by atoms with Crippen molar-refractivity contribution in [1.29, 1.82) is 0 Å². The minimum atomic E-state index is -0.805. The lowest BCUT2D eigenvalue weighted by Gasteiger charge is -2.13. The molecule has 4 rings (SSSR count). The number of carbonyl (C=O) groups is 1. The first-order valence-electron chi connectivity index (χ1n) is 8.43. The van der Waals surface area contributed by atoms with Gasteiger partial charge in [-0.2, -0.15) is 4.98 Å². The smallest absolute Gasteiger partial charge is 0.254 e. The average molecular weight is 372 g/mol. The molecule has 4 aromatic rings. The van der Waals surface area contributed by atoms with Crippen molar-refractivity contribution >= 4 is 34.3 Å². The van der Waals surface area contributed by atoms with Gasteiger partial charge in [-0.25, -0.2) is 4.98 Å². The highest BCUT2D eigenvalue weighted by Gasteiger charge is 2.16. The molecule has 0 aliphatic rings. The molecule has 8 nitrogen and oxygen atoms in total. The number of hydrogen-bond donors (Lipinski definition) is 3. The third-order valence-corrected chi connectivity index (χ3v) is 4.21. The molecule has 0 bridgehead atoms. The van der Waals surface area contributed by atoms with Gasteiger partial charge in [0.25, 0.3) is 5.91 Å². The number of rotatable bonds is 4. The fourth-order valence-electron chi connectivity index (χ4n) is 2.83. The monoisotopic (exact) mass is 372 g/mol. The summed E-state index contributed by atoms with van der Waals surface area (Å²) in [6.07, 6.45) is 2.79. The Morgan fingerprint density at radius 3 is 2.43 bits per heavy atom. The maximum atomic E-state index is 12.6. The van der Waals surface area contributed by atoms with Crippen LogP contribution in [0.5, 0.6) is 0 Å².